The van der Waals surface area contributed by atoms with Gasteiger partial charge in [-0.05, 0) is 49.1 Å². The lowest BCUT2D eigenvalue weighted by Gasteiger charge is -2.22. The SMILES string of the molecule is Cc1cc(S(=O)(=O)N2CCC(C)(CN)C2)ccc1Br. The quantitative estimate of drug-likeness (QED) is 0.911. The first-order valence-electron chi connectivity index (χ1n) is 6.25. The van der Waals surface area contributed by atoms with Crippen LogP contribution < -0.4 is 5.73 Å². The maximum absolute atomic E-state index is 12.6. The van der Waals surface area contributed by atoms with Crippen molar-refractivity contribution in [3.8, 4) is 0 Å². The van der Waals surface area contributed by atoms with Gasteiger partial charge in [0.25, 0.3) is 0 Å². The number of benzene rings is 1. The van der Waals surface area contributed by atoms with Crippen LogP contribution in [0, 0.1) is 12.3 Å². The fourth-order valence-electron chi connectivity index (χ4n) is 2.28. The summed E-state index contributed by atoms with van der Waals surface area (Å²) in [6.07, 6.45) is 0.818. The molecule has 1 unspecified atom stereocenters. The molecule has 19 heavy (non-hydrogen) atoms. The fraction of sp³-hybridized carbons (Fsp3) is 0.538. The molecule has 1 fully saturated rings. The van der Waals surface area contributed by atoms with Crippen LogP contribution in [0.2, 0.25) is 0 Å². The first kappa shape index (κ1) is 15.0. The zero-order chi connectivity index (χ0) is 14.3. The Morgan fingerprint density at radius 3 is 2.68 bits per heavy atom. The topological polar surface area (TPSA) is 63.4 Å². The molecular formula is C13H19BrN2O2S. The van der Waals surface area contributed by atoms with Crippen LogP contribution in [0.5, 0.6) is 0 Å². The zero-order valence-corrected chi connectivity index (χ0v) is 13.6. The Morgan fingerprint density at radius 2 is 2.16 bits per heavy atom. The molecule has 1 saturated heterocycles. The normalized spacial score (nSPS) is 24.8. The molecule has 1 aromatic carbocycles. The Kier molecular flexibility index (Phi) is 4.07. The number of aryl methyl sites for hydroxylation is 1. The molecule has 0 saturated carbocycles. The molecule has 1 aliphatic heterocycles. The lowest BCUT2D eigenvalue weighted by molar-refractivity contribution is 0.349. The highest BCUT2D eigenvalue weighted by atomic mass is 79.9. The van der Waals surface area contributed by atoms with E-state index in [0.29, 0.717) is 24.5 Å². The molecule has 2 rings (SSSR count). The van der Waals surface area contributed by atoms with Gasteiger partial charge < -0.3 is 5.73 Å². The number of nitrogens with two attached hydrogens (primary N) is 1. The van der Waals surface area contributed by atoms with Gasteiger partial charge in [-0.3, -0.25) is 0 Å². The van der Waals surface area contributed by atoms with E-state index in [1.54, 1.807) is 22.5 Å². The summed E-state index contributed by atoms with van der Waals surface area (Å²) in [6.45, 7) is 5.48. The predicted octanol–water partition coefficient (Wildman–Crippen LogP) is 2.12. The molecule has 2 N–H and O–H groups in total. The molecule has 0 spiro atoms. The first-order chi connectivity index (χ1) is 8.78. The fourth-order valence-corrected chi connectivity index (χ4v) is 4.20. The third-order valence-corrected chi connectivity index (χ3v) is 6.51. The van der Waals surface area contributed by atoms with Crippen molar-refractivity contribution >= 4 is 26.0 Å². The van der Waals surface area contributed by atoms with Crippen molar-refractivity contribution in [2.24, 2.45) is 11.1 Å². The third kappa shape index (κ3) is 2.86. The lowest BCUT2D eigenvalue weighted by atomic mass is 9.90. The van der Waals surface area contributed by atoms with Gasteiger partial charge in [-0.25, -0.2) is 8.42 Å². The summed E-state index contributed by atoms with van der Waals surface area (Å²) >= 11 is 3.38. The number of nitrogens with zero attached hydrogens (tertiary/aromatic N) is 1. The van der Waals surface area contributed by atoms with Crippen LogP contribution in [0.4, 0.5) is 0 Å². The number of hydrogen-bond acceptors (Lipinski definition) is 3. The van der Waals surface area contributed by atoms with E-state index in [1.807, 2.05) is 13.8 Å². The van der Waals surface area contributed by atoms with E-state index in [0.717, 1.165) is 16.5 Å². The second-order valence-corrected chi connectivity index (χ2v) is 8.31. The minimum Gasteiger partial charge on any atom is -0.330 e. The van der Waals surface area contributed by atoms with Crippen molar-refractivity contribution in [2.75, 3.05) is 19.6 Å². The summed E-state index contributed by atoms with van der Waals surface area (Å²) in [6, 6.07) is 5.13. The molecule has 0 aromatic heterocycles. The van der Waals surface area contributed by atoms with Crippen LogP contribution in [0.1, 0.15) is 18.9 Å². The summed E-state index contributed by atoms with van der Waals surface area (Å²) < 4.78 is 27.6. The van der Waals surface area contributed by atoms with Crippen LogP contribution in [0.25, 0.3) is 0 Å². The number of rotatable bonds is 3. The second kappa shape index (κ2) is 5.16. The van der Waals surface area contributed by atoms with Crippen molar-refractivity contribution in [2.45, 2.75) is 25.2 Å². The Balaban J connectivity index is 2.31. The van der Waals surface area contributed by atoms with Crippen LogP contribution in [-0.2, 0) is 10.0 Å². The van der Waals surface area contributed by atoms with Gasteiger partial charge in [-0.15, -0.1) is 0 Å². The Bertz CT molecular complexity index is 588. The first-order valence-corrected chi connectivity index (χ1v) is 8.48. The van der Waals surface area contributed by atoms with E-state index >= 15 is 0 Å². The molecule has 1 aromatic rings. The molecule has 1 aliphatic rings. The summed E-state index contributed by atoms with van der Waals surface area (Å²) in [7, 11) is -3.40. The van der Waals surface area contributed by atoms with Crippen molar-refractivity contribution in [3.63, 3.8) is 0 Å². The standard InChI is InChI=1S/C13H19BrN2O2S/c1-10-7-11(3-4-12(10)14)19(17,18)16-6-5-13(2,8-15)9-16/h3-4,7H,5-6,8-9,15H2,1-2H3. The van der Waals surface area contributed by atoms with E-state index in [9.17, 15) is 8.42 Å². The Hall–Kier alpha value is -0.430. The molecule has 106 valence electrons. The van der Waals surface area contributed by atoms with Gasteiger partial charge in [0.1, 0.15) is 0 Å². The average molecular weight is 347 g/mol. The molecule has 6 heteroatoms. The maximum atomic E-state index is 12.6. The van der Waals surface area contributed by atoms with Crippen LogP contribution in [0.3, 0.4) is 0 Å². The van der Waals surface area contributed by atoms with Gasteiger partial charge in [-0.1, -0.05) is 22.9 Å². The monoisotopic (exact) mass is 346 g/mol. The Labute approximate surface area is 123 Å². The Morgan fingerprint density at radius 1 is 1.47 bits per heavy atom. The highest BCUT2D eigenvalue weighted by molar-refractivity contribution is 9.10. The van der Waals surface area contributed by atoms with Crippen molar-refractivity contribution in [3.05, 3.63) is 28.2 Å². The van der Waals surface area contributed by atoms with Crippen LogP contribution in [-0.4, -0.2) is 32.4 Å². The number of sulfonamides is 1. The molecule has 1 heterocycles. The van der Waals surface area contributed by atoms with Gasteiger partial charge in [-0.2, -0.15) is 4.31 Å². The van der Waals surface area contributed by atoms with E-state index < -0.39 is 10.0 Å². The van der Waals surface area contributed by atoms with Crippen molar-refractivity contribution < 1.29 is 8.42 Å². The van der Waals surface area contributed by atoms with Crippen molar-refractivity contribution in [1.82, 2.24) is 4.31 Å². The lowest BCUT2D eigenvalue weighted by Crippen LogP contribution is -2.34. The van der Waals surface area contributed by atoms with Crippen LogP contribution in [0.15, 0.2) is 27.6 Å². The van der Waals surface area contributed by atoms with Gasteiger partial charge in [0.15, 0.2) is 0 Å². The summed E-state index contributed by atoms with van der Waals surface area (Å²) in [5.41, 5.74) is 6.55. The zero-order valence-electron chi connectivity index (χ0n) is 11.2. The number of hydrogen-bond donors (Lipinski definition) is 1. The van der Waals surface area contributed by atoms with Gasteiger partial charge >= 0.3 is 0 Å². The van der Waals surface area contributed by atoms with Gasteiger partial charge in [0.2, 0.25) is 10.0 Å². The molecule has 1 atom stereocenters. The van der Waals surface area contributed by atoms with Crippen molar-refractivity contribution in [1.29, 1.82) is 0 Å². The molecule has 0 radical (unpaired) electrons. The molecule has 0 bridgehead atoms. The van der Waals surface area contributed by atoms with E-state index in [1.165, 1.54) is 0 Å². The van der Waals surface area contributed by atoms with Crippen LogP contribution >= 0.6 is 15.9 Å². The highest BCUT2D eigenvalue weighted by Crippen LogP contribution is 2.33. The average Bonchev–Trinajstić information content (AvgIpc) is 2.77. The second-order valence-electron chi connectivity index (χ2n) is 5.51. The number of halogens is 1. The largest absolute Gasteiger partial charge is 0.330 e. The minimum absolute atomic E-state index is 0.0997. The molecule has 4 nitrogen and oxygen atoms in total. The maximum Gasteiger partial charge on any atom is 0.243 e. The highest BCUT2D eigenvalue weighted by Gasteiger charge is 2.38. The third-order valence-electron chi connectivity index (χ3n) is 3.78. The molecule has 0 amide bonds. The summed E-state index contributed by atoms with van der Waals surface area (Å²) in [5.74, 6) is 0. The van der Waals surface area contributed by atoms with E-state index in [-0.39, 0.29) is 5.41 Å². The van der Waals surface area contributed by atoms with Gasteiger partial charge in [0.05, 0.1) is 4.90 Å². The van der Waals surface area contributed by atoms with Gasteiger partial charge in [0, 0.05) is 17.6 Å². The molecule has 0 aliphatic carbocycles. The molecular weight excluding hydrogens is 328 g/mol. The van der Waals surface area contributed by atoms with E-state index in [2.05, 4.69) is 15.9 Å². The minimum atomic E-state index is -3.40. The smallest absolute Gasteiger partial charge is 0.243 e. The summed E-state index contributed by atoms with van der Waals surface area (Å²) in [5, 5.41) is 0. The summed E-state index contributed by atoms with van der Waals surface area (Å²) in [4.78, 5) is 0.356. The van der Waals surface area contributed by atoms with E-state index in [4.69, 9.17) is 5.73 Å². The predicted molar refractivity (Wildman–Crippen MR) is 79.4 cm³/mol.